The smallest absolute Gasteiger partial charge is 0.271 e. The average Bonchev–Trinajstić information content (AvgIpc) is 3.11. The molecule has 2 aromatic heterocycles. The van der Waals surface area contributed by atoms with Gasteiger partial charge in [0.2, 0.25) is 6.20 Å². The molecule has 0 spiro atoms. The van der Waals surface area contributed by atoms with E-state index in [0.717, 1.165) is 15.3 Å². The second kappa shape index (κ2) is 7.44. The summed E-state index contributed by atoms with van der Waals surface area (Å²) in [5, 5.41) is 15.0. The summed E-state index contributed by atoms with van der Waals surface area (Å²) in [4.78, 5) is 16.7. The van der Waals surface area contributed by atoms with Gasteiger partial charge < -0.3 is 5.32 Å². The molecule has 3 rings (SSSR count). The number of pyridine rings is 1. The van der Waals surface area contributed by atoms with Gasteiger partial charge in [-0.25, -0.2) is 4.98 Å². The molecule has 0 aliphatic carbocycles. The zero-order valence-electron chi connectivity index (χ0n) is 14.1. The molecule has 0 fully saturated rings. The van der Waals surface area contributed by atoms with Gasteiger partial charge in [0.05, 0.1) is 0 Å². The van der Waals surface area contributed by atoms with Crippen LogP contribution in [0.15, 0.2) is 54.0 Å². The molecule has 1 amide bonds. The van der Waals surface area contributed by atoms with Crippen LogP contribution in [-0.4, -0.2) is 16.1 Å². The lowest BCUT2D eigenvalue weighted by Crippen LogP contribution is -2.38. The minimum atomic E-state index is -0.258. The number of thiazole rings is 1. The Morgan fingerprint density at radius 1 is 1.28 bits per heavy atom. The maximum absolute atomic E-state index is 12.3. The molecule has 0 aliphatic heterocycles. The standard InChI is InChI=1S/C19H19N3O2S/c1-13(2)14-6-5-7-15(10-14)19-21-17(12-25-19)18(23)20-11-16-8-3-4-9-22(16)24/h3-10,12-13H,11H2,1-2H3,(H-,20,23,24)/p+1. The molecule has 128 valence electrons. The third-order valence-corrected chi connectivity index (χ3v) is 4.78. The molecule has 5 nitrogen and oxygen atoms in total. The second-order valence-corrected chi connectivity index (χ2v) is 6.90. The molecule has 2 heterocycles. The number of amides is 1. The molecule has 0 unspecified atom stereocenters. The Bertz CT molecular complexity index is 890. The van der Waals surface area contributed by atoms with E-state index in [1.807, 2.05) is 12.1 Å². The molecular formula is C19H20N3O2S+. The van der Waals surface area contributed by atoms with Crippen molar-refractivity contribution in [3.05, 3.63) is 71.0 Å². The highest BCUT2D eigenvalue weighted by molar-refractivity contribution is 7.13. The van der Waals surface area contributed by atoms with Crippen molar-refractivity contribution in [2.45, 2.75) is 26.3 Å². The number of nitrogens with zero attached hydrogens (tertiary/aromatic N) is 2. The molecule has 1 aromatic carbocycles. The van der Waals surface area contributed by atoms with Crippen LogP contribution in [0.3, 0.4) is 0 Å². The van der Waals surface area contributed by atoms with E-state index in [-0.39, 0.29) is 12.5 Å². The third-order valence-electron chi connectivity index (χ3n) is 3.89. The summed E-state index contributed by atoms with van der Waals surface area (Å²) < 4.78 is 0.990. The Morgan fingerprint density at radius 2 is 2.12 bits per heavy atom. The molecule has 25 heavy (non-hydrogen) atoms. The molecular weight excluding hydrogens is 334 g/mol. The molecule has 0 saturated carbocycles. The van der Waals surface area contributed by atoms with E-state index in [1.165, 1.54) is 23.1 Å². The SMILES string of the molecule is CC(C)c1cccc(-c2nc(C(=O)NCc3cccc[n+]3O)cs2)c1. The fraction of sp³-hybridized carbons (Fsp3) is 0.211. The van der Waals surface area contributed by atoms with Gasteiger partial charge in [-0.15, -0.1) is 11.3 Å². The Kier molecular flexibility index (Phi) is 5.09. The largest absolute Gasteiger partial charge is 0.340 e. The van der Waals surface area contributed by atoms with Gasteiger partial charge in [-0.2, -0.15) is 0 Å². The van der Waals surface area contributed by atoms with Crippen molar-refractivity contribution in [3.8, 4) is 10.6 Å². The summed E-state index contributed by atoms with van der Waals surface area (Å²) in [6.45, 7) is 4.53. The molecule has 0 radical (unpaired) electrons. The normalized spacial score (nSPS) is 10.8. The minimum absolute atomic E-state index is 0.228. The van der Waals surface area contributed by atoms with E-state index in [1.54, 1.807) is 23.6 Å². The average molecular weight is 354 g/mol. The molecule has 0 bridgehead atoms. The maximum atomic E-state index is 12.3. The van der Waals surface area contributed by atoms with E-state index in [2.05, 4.69) is 36.3 Å². The van der Waals surface area contributed by atoms with Crippen LogP contribution in [0.2, 0.25) is 0 Å². The first-order chi connectivity index (χ1) is 12.0. The summed E-state index contributed by atoms with van der Waals surface area (Å²) in [5.74, 6) is 0.185. The second-order valence-electron chi connectivity index (χ2n) is 6.04. The number of rotatable bonds is 5. The summed E-state index contributed by atoms with van der Waals surface area (Å²) in [5.41, 5.74) is 3.24. The van der Waals surface area contributed by atoms with E-state index < -0.39 is 0 Å². The zero-order valence-corrected chi connectivity index (χ0v) is 15.0. The first-order valence-corrected chi connectivity index (χ1v) is 8.95. The first-order valence-electron chi connectivity index (χ1n) is 8.07. The third kappa shape index (κ3) is 4.03. The molecule has 2 N–H and O–H groups in total. The highest BCUT2D eigenvalue weighted by Gasteiger charge is 2.15. The Hall–Kier alpha value is -2.73. The van der Waals surface area contributed by atoms with Crippen molar-refractivity contribution >= 4 is 17.2 Å². The maximum Gasteiger partial charge on any atom is 0.271 e. The van der Waals surface area contributed by atoms with Crippen LogP contribution in [0.4, 0.5) is 0 Å². The summed E-state index contributed by atoms with van der Waals surface area (Å²) in [6, 6.07) is 13.5. The number of aromatic nitrogens is 2. The van der Waals surface area contributed by atoms with Crippen LogP contribution in [0, 0.1) is 0 Å². The van der Waals surface area contributed by atoms with Gasteiger partial charge in [-0.1, -0.05) is 32.0 Å². The van der Waals surface area contributed by atoms with Gasteiger partial charge in [0.1, 0.15) is 17.2 Å². The van der Waals surface area contributed by atoms with Crippen LogP contribution in [-0.2, 0) is 6.54 Å². The van der Waals surface area contributed by atoms with Crippen molar-refractivity contribution in [1.82, 2.24) is 10.3 Å². The number of carbonyl (C=O) groups is 1. The number of carbonyl (C=O) groups excluding carboxylic acids is 1. The van der Waals surface area contributed by atoms with E-state index in [0.29, 0.717) is 17.3 Å². The van der Waals surface area contributed by atoms with Crippen molar-refractivity contribution in [2.24, 2.45) is 0 Å². The molecule has 3 aromatic rings. The van der Waals surface area contributed by atoms with Crippen LogP contribution >= 0.6 is 11.3 Å². The highest BCUT2D eigenvalue weighted by Crippen LogP contribution is 2.26. The lowest BCUT2D eigenvalue weighted by molar-refractivity contribution is -0.909. The lowest BCUT2D eigenvalue weighted by Gasteiger charge is -2.06. The summed E-state index contributed by atoms with van der Waals surface area (Å²) >= 11 is 1.45. The van der Waals surface area contributed by atoms with Gasteiger partial charge in [-0.05, 0) is 23.6 Å². The highest BCUT2D eigenvalue weighted by atomic mass is 32.1. The lowest BCUT2D eigenvalue weighted by atomic mass is 10.0. The van der Waals surface area contributed by atoms with Crippen LogP contribution in [0.5, 0.6) is 0 Å². The Labute approximate surface area is 150 Å². The number of hydrogen-bond donors (Lipinski definition) is 2. The van der Waals surface area contributed by atoms with Crippen molar-refractivity contribution in [2.75, 3.05) is 0 Å². The first kappa shape index (κ1) is 17.1. The monoisotopic (exact) mass is 354 g/mol. The van der Waals surface area contributed by atoms with Crippen molar-refractivity contribution in [3.63, 3.8) is 0 Å². The topological polar surface area (TPSA) is 66.1 Å². The summed E-state index contributed by atoms with van der Waals surface area (Å²) in [6.07, 6.45) is 1.52. The van der Waals surface area contributed by atoms with Gasteiger partial charge in [-0.3, -0.25) is 10.0 Å². The van der Waals surface area contributed by atoms with E-state index in [4.69, 9.17) is 0 Å². The van der Waals surface area contributed by atoms with Crippen molar-refractivity contribution in [1.29, 1.82) is 0 Å². The fourth-order valence-electron chi connectivity index (χ4n) is 2.41. The predicted molar refractivity (Wildman–Crippen MR) is 96.6 cm³/mol. The van der Waals surface area contributed by atoms with Gasteiger partial charge in [0.25, 0.3) is 11.6 Å². The number of benzene rings is 1. The predicted octanol–water partition coefficient (Wildman–Crippen LogP) is 3.39. The van der Waals surface area contributed by atoms with E-state index >= 15 is 0 Å². The quantitative estimate of drug-likeness (QED) is 0.545. The molecule has 6 heteroatoms. The molecule has 0 saturated heterocycles. The van der Waals surface area contributed by atoms with Crippen molar-refractivity contribution < 1.29 is 14.7 Å². The molecule has 0 aliphatic rings. The summed E-state index contributed by atoms with van der Waals surface area (Å²) in [7, 11) is 0. The van der Waals surface area contributed by atoms with E-state index in [9.17, 15) is 10.0 Å². The Morgan fingerprint density at radius 3 is 2.88 bits per heavy atom. The number of nitrogens with one attached hydrogen (secondary N) is 1. The van der Waals surface area contributed by atoms with Gasteiger partial charge >= 0.3 is 0 Å². The zero-order chi connectivity index (χ0) is 17.8. The Balaban J connectivity index is 1.71. The fourth-order valence-corrected chi connectivity index (χ4v) is 3.21. The molecule has 0 atom stereocenters. The minimum Gasteiger partial charge on any atom is -0.340 e. The van der Waals surface area contributed by atoms with Crippen LogP contribution < -0.4 is 10.0 Å². The van der Waals surface area contributed by atoms with Gasteiger partial charge in [0.15, 0.2) is 0 Å². The van der Waals surface area contributed by atoms with Crippen LogP contribution in [0.1, 0.15) is 41.5 Å². The number of hydrogen-bond acceptors (Lipinski definition) is 4. The van der Waals surface area contributed by atoms with Gasteiger partial charge in [0, 0.05) is 27.8 Å². The van der Waals surface area contributed by atoms with Crippen LogP contribution in [0.25, 0.3) is 10.6 Å².